The number of nitroso groups, excluding NO2 is 1. The number of aliphatic hydroxyl groups excluding tert-OH is 1. The number of methoxy groups -OCH3 is 1. The van der Waals surface area contributed by atoms with Crippen LogP contribution < -0.4 is 10.9 Å². The lowest BCUT2D eigenvalue weighted by atomic mass is 9.93. The molecule has 40 heavy (non-hydrogen) atoms. The first-order chi connectivity index (χ1) is 19.2. The maximum atomic E-state index is 14.0. The number of pyridine rings is 1. The van der Waals surface area contributed by atoms with Gasteiger partial charge in [0.15, 0.2) is 0 Å². The van der Waals surface area contributed by atoms with Gasteiger partial charge in [0.05, 0.1) is 6.61 Å². The second kappa shape index (κ2) is 12.7. The Kier molecular flexibility index (Phi) is 9.08. The maximum absolute atomic E-state index is 14.0. The van der Waals surface area contributed by atoms with Crippen LogP contribution in [0.1, 0.15) is 46.7 Å². The molecule has 0 saturated heterocycles. The lowest BCUT2D eigenvalue weighted by Gasteiger charge is -2.27. The summed E-state index contributed by atoms with van der Waals surface area (Å²) in [5.74, 6) is -0.249. The Bertz CT molecular complexity index is 1580. The number of fused-ring (bicyclic) bond motifs is 1. The molecule has 4 aromatic rings. The van der Waals surface area contributed by atoms with Crippen molar-refractivity contribution in [2.75, 3.05) is 26.1 Å². The molecular weight excluding hydrogens is 508 g/mol. The topological polar surface area (TPSA) is 124 Å². The third kappa shape index (κ3) is 6.27. The van der Waals surface area contributed by atoms with Crippen molar-refractivity contribution >= 4 is 28.1 Å². The number of H-pyrrole nitrogens is 1. The Hall–Kier alpha value is -4.34. The second-order valence-corrected chi connectivity index (χ2v) is 10.1. The van der Waals surface area contributed by atoms with Gasteiger partial charge in [-0.2, -0.15) is 0 Å². The molecular formula is C31H34N4O5. The minimum atomic E-state index is -0.777. The molecule has 9 heteroatoms. The average Bonchev–Trinajstić information content (AvgIpc) is 2.96. The summed E-state index contributed by atoms with van der Waals surface area (Å²) >= 11 is 0. The van der Waals surface area contributed by atoms with Gasteiger partial charge in [0, 0.05) is 50.5 Å². The fraction of sp³-hybridized carbons (Fsp3) is 0.290. The third-order valence-corrected chi connectivity index (χ3v) is 7.14. The summed E-state index contributed by atoms with van der Waals surface area (Å²) in [6.07, 6.45) is 1.60. The largest absolute Gasteiger partial charge is 0.396 e. The number of ether oxygens (including phenoxy) is 1. The molecule has 1 unspecified atom stereocenters. The van der Waals surface area contributed by atoms with E-state index < -0.39 is 6.04 Å². The van der Waals surface area contributed by atoms with Crippen molar-refractivity contribution in [2.45, 2.75) is 39.0 Å². The molecule has 4 rings (SSSR count). The minimum absolute atomic E-state index is 0.0215. The number of rotatable bonds is 11. The number of anilines is 1. The standard InChI is InChI=1S/C31H34N4O5/c1-19-13-22(7-10-27(19)20(2)17-36)29(33-25-8-5-21-11-12-32-30(37)28(21)15-25)31(38)35(3)16-24-14-26(34-39)9-6-23(24)18-40-4/h5-15,20,29,33,36H,16-18H2,1-4H3,(H,32,37)/t20-,29?/m0/s1. The third-order valence-electron chi connectivity index (χ3n) is 7.14. The van der Waals surface area contributed by atoms with Crippen LogP contribution in [-0.2, 0) is 22.7 Å². The Balaban J connectivity index is 1.72. The average molecular weight is 543 g/mol. The monoisotopic (exact) mass is 542 g/mol. The van der Waals surface area contributed by atoms with Crippen molar-refractivity contribution in [3.05, 3.63) is 110 Å². The SMILES string of the molecule is COCc1ccc(N=O)cc1CN(C)C(=O)C(Nc1ccc2cc[nH]c(=O)c2c1)c1ccc([C@@H](C)CO)c(C)c1. The fourth-order valence-corrected chi connectivity index (χ4v) is 4.92. The van der Waals surface area contributed by atoms with Gasteiger partial charge in [-0.25, -0.2) is 0 Å². The van der Waals surface area contributed by atoms with Gasteiger partial charge in [-0.1, -0.05) is 37.3 Å². The number of nitrogens with one attached hydrogen (secondary N) is 2. The summed E-state index contributed by atoms with van der Waals surface area (Å²) in [5, 5.41) is 17.4. The van der Waals surface area contributed by atoms with Crippen LogP contribution in [0.4, 0.5) is 11.4 Å². The number of aromatic nitrogens is 1. The number of carbonyl (C=O) groups is 1. The van der Waals surface area contributed by atoms with E-state index in [2.05, 4.69) is 15.5 Å². The van der Waals surface area contributed by atoms with Crippen LogP contribution in [0.25, 0.3) is 10.8 Å². The van der Waals surface area contributed by atoms with E-state index in [1.165, 1.54) is 0 Å². The molecule has 0 saturated carbocycles. The lowest BCUT2D eigenvalue weighted by Crippen LogP contribution is -2.35. The van der Waals surface area contributed by atoms with Gasteiger partial charge >= 0.3 is 0 Å². The van der Waals surface area contributed by atoms with E-state index in [4.69, 9.17) is 4.74 Å². The van der Waals surface area contributed by atoms with Crippen molar-refractivity contribution < 1.29 is 14.6 Å². The molecule has 0 aliphatic carbocycles. The van der Waals surface area contributed by atoms with Gasteiger partial charge in [-0.3, -0.25) is 9.59 Å². The van der Waals surface area contributed by atoms with Gasteiger partial charge in [-0.05, 0) is 75.6 Å². The summed E-state index contributed by atoms with van der Waals surface area (Å²) in [4.78, 5) is 41.9. The number of aromatic amines is 1. The summed E-state index contributed by atoms with van der Waals surface area (Å²) < 4.78 is 5.31. The molecule has 0 radical (unpaired) electrons. The van der Waals surface area contributed by atoms with Crippen molar-refractivity contribution in [1.82, 2.24) is 9.88 Å². The molecule has 3 N–H and O–H groups in total. The molecule has 1 aromatic heterocycles. The Morgan fingerprint density at radius 2 is 1.90 bits per heavy atom. The predicted octanol–water partition coefficient (Wildman–Crippen LogP) is 5.29. The summed E-state index contributed by atoms with van der Waals surface area (Å²) in [7, 11) is 3.29. The first kappa shape index (κ1) is 28.7. The quantitative estimate of drug-likeness (QED) is 0.221. The molecule has 0 fully saturated rings. The molecule has 1 amide bonds. The smallest absolute Gasteiger partial charge is 0.255 e. The highest BCUT2D eigenvalue weighted by atomic mass is 16.5. The maximum Gasteiger partial charge on any atom is 0.255 e. The van der Waals surface area contributed by atoms with Crippen molar-refractivity contribution in [3.63, 3.8) is 0 Å². The zero-order chi connectivity index (χ0) is 28.8. The van der Waals surface area contributed by atoms with Crippen LogP contribution in [0.3, 0.4) is 0 Å². The summed E-state index contributed by atoms with van der Waals surface area (Å²) in [6.45, 7) is 4.49. The van der Waals surface area contributed by atoms with Gasteiger partial charge in [0.2, 0.25) is 5.91 Å². The van der Waals surface area contributed by atoms with Crippen LogP contribution in [0.2, 0.25) is 0 Å². The van der Waals surface area contributed by atoms with Crippen LogP contribution >= 0.6 is 0 Å². The zero-order valence-electron chi connectivity index (χ0n) is 23.1. The van der Waals surface area contributed by atoms with E-state index in [9.17, 15) is 19.6 Å². The molecule has 0 aliphatic heterocycles. The highest BCUT2D eigenvalue weighted by Gasteiger charge is 2.26. The predicted molar refractivity (Wildman–Crippen MR) is 157 cm³/mol. The van der Waals surface area contributed by atoms with E-state index in [1.54, 1.807) is 49.5 Å². The lowest BCUT2D eigenvalue weighted by molar-refractivity contribution is -0.131. The fourth-order valence-electron chi connectivity index (χ4n) is 4.92. The highest BCUT2D eigenvalue weighted by molar-refractivity contribution is 5.89. The first-order valence-electron chi connectivity index (χ1n) is 13.0. The molecule has 3 aromatic carbocycles. The van der Waals surface area contributed by atoms with E-state index in [0.29, 0.717) is 17.7 Å². The van der Waals surface area contributed by atoms with E-state index in [-0.39, 0.29) is 36.2 Å². The molecule has 0 spiro atoms. The van der Waals surface area contributed by atoms with Crippen molar-refractivity contribution in [2.24, 2.45) is 5.18 Å². The van der Waals surface area contributed by atoms with Crippen LogP contribution in [0.5, 0.6) is 0 Å². The first-order valence-corrected chi connectivity index (χ1v) is 13.0. The van der Waals surface area contributed by atoms with Gasteiger partial charge in [-0.15, -0.1) is 4.91 Å². The van der Waals surface area contributed by atoms with Gasteiger partial charge < -0.3 is 25.0 Å². The normalized spacial score (nSPS) is 12.6. The van der Waals surface area contributed by atoms with Crippen LogP contribution in [0.15, 0.2) is 76.8 Å². The molecule has 208 valence electrons. The van der Waals surface area contributed by atoms with Crippen molar-refractivity contribution in [1.29, 1.82) is 0 Å². The Labute approximate surface area is 232 Å². The molecule has 1 heterocycles. The van der Waals surface area contributed by atoms with E-state index >= 15 is 0 Å². The highest BCUT2D eigenvalue weighted by Crippen LogP contribution is 2.29. The molecule has 0 aliphatic rings. The number of aliphatic hydroxyl groups is 1. The molecule has 9 nitrogen and oxygen atoms in total. The van der Waals surface area contributed by atoms with Crippen LogP contribution in [-0.4, -0.2) is 41.7 Å². The van der Waals surface area contributed by atoms with Gasteiger partial charge in [0.25, 0.3) is 5.56 Å². The van der Waals surface area contributed by atoms with E-state index in [1.807, 2.05) is 50.2 Å². The molecule has 2 atom stereocenters. The number of likely N-dealkylation sites (N-methyl/N-ethyl adjacent to an activating group) is 1. The molecule has 0 bridgehead atoms. The van der Waals surface area contributed by atoms with Crippen molar-refractivity contribution in [3.8, 4) is 0 Å². The number of aryl methyl sites for hydroxylation is 1. The number of hydrogen-bond donors (Lipinski definition) is 3. The number of hydrogen-bond acceptors (Lipinski definition) is 7. The van der Waals surface area contributed by atoms with Gasteiger partial charge in [0.1, 0.15) is 11.7 Å². The minimum Gasteiger partial charge on any atom is -0.396 e. The van der Waals surface area contributed by atoms with Crippen LogP contribution in [0, 0.1) is 11.8 Å². The number of nitrogens with zero attached hydrogens (tertiary/aromatic N) is 2. The second-order valence-electron chi connectivity index (χ2n) is 10.1. The van der Waals surface area contributed by atoms with E-state index in [0.717, 1.165) is 33.2 Å². The summed E-state index contributed by atoms with van der Waals surface area (Å²) in [6, 6.07) is 17.3. The number of carbonyl (C=O) groups excluding carboxylic acids is 1. The number of benzene rings is 3. The zero-order valence-corrected chi connectivity index (χ0v) is 23.1. The Morgan fingerprint density at radius 1 is 1.10 bits per heavy atom. The number of amides is 1. The Morgan fingerprint density at radius 3 is 2.60 bits per heavy atom. The summed E-state index contributed by atoms with van der Waals surface area (Å²) in [5.41, 5.74) is 5.00.